The van der Waals surface area contributed by atoms with Crippen molar-refractivity contribution in [2.24, 2.45) is 0 Å². The van der Waals surface area contributed by atoms with Crippen molar-refractivity contribution in [1.82, 2.24) is 19.3 Å². The molecule has 20 heavy (non-hydrogen) atoms. The molecule has 1 N–H and O–H groups in total. The maximum absolute atomic E-state index is 11.8. The molecule has 0 unspecified atom stereocenters. The van der Waals surface area contributed by atoms with Crippen molar-refractivity contribution in [3.8, 4) is 0 Å². The summed E-state index contributed by atoms with van der Waals surface area (Å²) < 4.78 is 3.38. The number of anilines is 1. The molecule has 0 aliphatic rings. The van der Waals surface area contributed by atoms with Gasteiger partial charge in [-0.1, -0.05) is 11.6 Å². The fraction of sp³-hybridized carbons (Fsp3) is 0.462. The average molecular weight is 296 g/mol. The predicted molar refractivity (Wildman–Crippen MR) is 79.1 cm³/mol. The summed E-state index contributed by atoms with van der Waals surface area (Å²) in [5.74, 6) is 0. The molecule has 0 radical (unpaired) electrons. The van der Waals surface area contributed by atoms with Gasteiger partial charge < -0.3 is 9.88 Å². The maximum atomic E-state index is 11.8. The summed E-state index contributed by atoms with van der Waals surface area (Å²) in [6.07, 6.45) is 9.12. The van der Waals surface area contributed by atoms with E-state index in [-0.39, 0.29) is 10.6 Å². The Bertz CT molecular complexity index is 593. The smallest absolute Gasteiger partial charge is 0.287 e. The highest BCUT2D eigenvalue weighted by molar-refractivity contribution is 6.32. The number of aromatic nitrogens is 4. The van der Waals surface area contributed by atoms with E-state index in [1.54, 1.807) is 18.7 Å². The molecule has 7 heteroatoms. The zero-order valence-electron chi connectivity index (χ0n) is 11.4. The average Bonchev–Trinajstić information content (AvgIpc) is 2.96. The summed E-state index contributed by atoms with van der Waals surface area (Å²) >= 11 is 6.02. The summed E-state index contributed by atoms with van der Waals surface area (Å²) in [5.41, 5.74) is 0.349. The molecule has 6 nitrogen and oxygen atoms in total. The van der Waals surface area contributed by atoms with Gasteiger partial charge in [-0.05, 0) is 19.8 Å². The van der Waals surface area contributed by atoms with Gasteiger partial charge in [0, 0.05) is 32.0 Å². The van der Waals surface area contributed by atoms with E-state index in [0.717, 1.165) is 25.9 Å². The predicted octanol–water partition coefficient (Wildman–Crippen LogP) is 2.01. The summed E-state index contributed by atoms with van der Waals surface area (Å²) in [6.45, 7) is 4.06. The molecule has 0 atom stereocenters. The highest BCUT2D eigenvalue weighted by Crippen LogP contribution is 2.15. The second-order valence-corrected chi connectivity index (χ2v) is 4.81. The molecular formula is C13H18ClN5O. The van der Waals surface area contributed by atoms with E-state index < -0.39 is 0 Å². The third kappa shape index (κ3) is 3.60. The largest absolute Gasteiger partial charge is 0.382 e. The van der Waals surface area contributed by atoms with Crippen LogP contribution in [0.5, 0.6) is 0 Å². The van der Waals surface area contributed by atoms with E-state index >= 15 is 0 Å². The Hall–Kier alpha value is -1.82. The van der Waals surface area contributed by atoms with Gasteiger partial charge in [0.15, 0.2) is 0 Å². The molecule has 2 aromatic heterocycles. The topological polar surface area (TPSA) is 64.7 Å². The first-order valence-corrected chi connectivity index (χ1v) is 7.05. The Kier molecular flexibility index (Phi) is 5.17. The highest BCUT2D eigenvalue weighted by atomic mass is 35.5. The van der Waals surface area contributed by atoms with Crippen molar-refractivity contribution in [1.29, 1.82) is 0 Å². The van der Waals surface area contributed by atoms with Crippen molar-refractivity contribution in [3.05, 3.63) is 40.3 Å². The maximum Gasteiger partial charge on any atom is 0.287 e. The molecular weight excluding hydrogens is 278 g/mol. The molecule has 0 aromatic carbocycles. The van der Waals surface area contributed by atoms with E-state index in [9.17, 15) is 4.79 Å². The van der Waals surface area contributed by atoms with Crippen molar-refractivity contribution >= 4 is 17.3 Å². The summed E-state index contributed by atoms with van der Waals surface area (Å²) in [7, 11) is 0. The second kappa shape index (κ2) is 7.09. The summed E-state index contributed by atoms with van der Waals surface area (Å²) in [6, 6.07) is 0. The molecule has 0 saturated carbocycles. The van der Waals surface area contributed by atoms with E-state index in [1.807, 2.05) is 17.7 Å². The van der Waals surface area contributed by atoms with E-state index in [0.29, 0.717) is 12.2 Å². The summed E-state index contributed by atoms with van der Waals surface area (Å²) in [4.78, 5) is 15.8. The van der Waals surface area contributed by atoms with Crippen LogP contribution in [0, 0.1) is 0 Å². The molecule has 108 valence electrons. The first-order valence-electron chi connectivity index (χ1n) is 6.67. The fourth-order valence-corrected chi connectivity index (χ4v) is 2.09. The van der Waals surface area contributed by atoms with Gasteiger partial charge in [0.1, 0.15) is 5.02 Å². The van der Waals surface area contributed by atoms with Crippen molar-refractivity contribution in [2.75, 3.05) is 11.9 Å². The minimum absolute atomic E-state index is 0.205. The molecule has 2 rings (SSSR count). The Balaban J connectivity index is 1.79. The van der Waals surface area contributed by atoms with Crippen LogP contribution in [-0.2, 0) is 13.1 Å². The van der Waals surface area contributed by atoms with Gasteiger partial charge in [-0.2, -0.15) is 5.10 Å². The lowest BCUT2D eigenvalue weighted by Gasteiger charge is -2.09. The number of unbranched alkanes of at least 4 members (excludes halogenated alkanes) is 1. The van der Waals surface area contributed by atoms with Crippen LogP contribution in [0.2, 0.25) is 5.02 Å². The van der Waals surface area contributed by atoms with Crippen LogP contribution in [-0.4, -0.2) is 25.9 Å². The third-order valence-electron chi connectivity index (χ3n) is 3.00. The SMILES string of the molecule is CCn1ncc(NCCCCn2ccnc2)c(Cl)c1=O. The Morgan fingerprint density at radius 1 is 1.40 bits per heavy atom. The van der Waals surface area contributed by atoms with Crippen LogP contribution < -0.4 is 10.9 Å². The number of rotatable bonds is 7. The number of nitrogens with one attached hydrogen (secondary N) is 1. The number of halogens is 1. The molecule has 2 heterocycles. The van der Waals surface area contributed by atoms with Crippen LogP contribution in [0.25, 0.3) is 0 Å². The normalized spacial score (nSPS) is 10.7. The minimum Gasteiger partial charge on any atom is -0.382 e. The zero-order valence-corrected chi connectivity index (χ0v) is 12.2. The van der Waals surface area contributed by atoms with Gasteiger partial charge in [0.05, 0.1) is 18.2 Å². The lowest BCUT2D eigenvalue weighted by atomic mass is 10.3. The first kappa shape index (κ1) is 14.6. The standard InChI is InChI=1S/C13H18ClN5O/c1-2-19-13(20)12(14)11(9-17-19)16-5-3-4-7-18-8-6-15-10-18/h6,8-10,16H,2-5,7H2,1H3. The second-order valence-electron chi connectivity index (χ2n) is 4.43. The molecule has 0 aliphatic carbocycles. The van der Waals surface area contributed by atoms with Gasteiger partial charge in [-0.3, -0.25) is 4.79 Å². The van der Waals surface area contributed by atoms with Crippen LogP contribution in [0.15, 0.2) is 29.7 Å². The first-order chi connectivity index (χ1) is 9.72. The van der Waals surface area contributed by atoms with Crippen molar-refractivity contribution < 1.29 is 0 Å². The van der Waals surface area contributed by atoms with Gasteiger partial charge >= 0.3 is 0 Å². The van der Waals surface area contributed by atoms with Gasteiger partial charge in [0.2, 0.25) is 0 Å². The van der Waals surface area contributed by atoms with E-state index in [2.05, 4.69) is 15.4 Å². The Morgan fingerprint density at radius 3 is 2.95 bits per heavy atom. The molecule has 0 amide bonds. The Labute approximate surface area is 122 Å². The van der Waals surface area contributed by atoms with Crippen LogP contribution in [0.1, 0.15) is 19.8 Å². The number of hydrogen-bond acceptors (Lipinski definition) is 4. The third-order valence-corrected chi connectivity index (χ3v) is 3.37. The zero-order chi connectivity index (χ0) is 14.4. The quantitative estimate of drug-likeness (QED) is 0.794. The Morgan fingerprint density at radius 2 is 2.25 bits per heavy atom. The van der Waals surface area contributed by atoms with Gasteiger partial charge in [-0.15, -0.1) is 0 Å². The molecule has 0 spiro atoms. The molecule has 0 fully saturated rings. The highest BCUT2D eigenvalue weighted by Gasteiger charge is 2.07. The van der Waals surface area contributed by atoms with Crippen LogP contribution in [0.4, 0.5) is 5.69 Å². The number of imidazole rings is 1. The fourth-order valence-electron chi connectivity index (χ4n) is 1.87. The van der Waals surface area contributed by atoms with Crippen LogP contribution >= 0.6 is 11.6 Å². The van der Waals surface area contributed by atoms with Gasteiger partial charge in [-0.25, -0.2) is 9.67 Å². The number of hydrogen-bond donors (Lipinski definition) is 1. The molecule has 0 saturated heterocycles. The monoisotopic (exact) mass is 295 g/mol. The lowest BCUT2D eigenvalue weighted by molar-refractivity contribution is 0.612. The number of nitrogens with zero attached hydrogens (tertiary/aromatic N) is 4. The van der Waals surface area contributed by atoms with Crippen molar-refractivity contribution in [2.45, 2.75) is 32.9 Å². The lowest BCUT2D eigenvalue weighted by Crippen LogP contribution is -2.23. The summed E-state index contributed by atoms with van der Waals surface area (Å²) in [5, 5.41) is 7.40. The minimum atomic E-state index is -0.252. The molecule has 2 aromatic rings. The molecule has 0 aliphatic heterocycles. The van der Waals surface area contributed by atoms with Crippen molar-refractivity contribution in [3.63, 3.8) is 0 Å². The van der Waals surface area contributed by atoms with Crippen LogP contribution in [0.3, 0.4) is 0 Å². The van der Waals surface area contributed by atoms with Gasteiger partial charge in [0.25, 0.3) is 5.56 Å². The van der Waals surface area contributed by atoms with E-state index in [4.69, 9.17) is 11.6 Å². The number of aryl methyl sites for hydroxylation is 2. The van der Waals surface area contributed by atoms with E-state index in [1.165, 1.54) is 4.68 Å². The molecule has 0 bridgehead atoms.